The van der Waals surface area contributed by atoms with E-state index in [-0.39, 0.29) is 67.6 Å². The van der Waals surface area contributed by atoms with E-state index in [1.165, 1.54) is 35.2 Å². The molecule has 3 amide bonds. The fraction of sp³-hybridized carbons (Fsp3) is 0.276. The van der Waals surface area contributed by atoms with Crippen LogP contribution in [-0.2, 0) is 16.1 Å². The Kier molecular flexibility index (Phi) is 7.45. The summed E-state index contributed by atoms with van der Waals surface area (Å²) < 4.78 is 13.2. The molecule has 0 unspecified atom stereocenters. The highest BCUT2D eigenvalue weighted by Gasteiger charge is 2.54. The molecular formula is C29H28FN5O5. The van der Waals surface area contributed by atoms with Crippen LogP contribution in [0.1, 0.15) is 28.8 Å². The van der Waals surface area contributed by atoms with E-state index in [0.717, 1.165) is 11.3 Å². The van der Waals surface area contributed by atoms with E-state index in [1.54, 1.807) is 23.1 Å². The van der Waals surface area contributed by atoms with E-state index in [9.17, 15) is 28.9 Å². The van der Waals surface area contributed by atoms with Gasteiger partial charge in [-0.05, 0) is 48.7 Å². The number of hydrogen-bond donors (Lipinski definition) is 1. The largest absolute Gasteiger partial charge is 0.350 e. The Hall–Kier alpha value is -4.80. The number of nitro benzene ring substituents is 1. The number of piperidine rings is 1. The number of para-hydroxylation sites is 1. The van der Waals surface area contributed by atoms with Gasteiger partial charge in [-0.15, -0.1) is 0 Å². The fourth-order valence-electron chi connectivity index (χ4n) is 5.37. The molecule has 3 aromatic rings. The Bertz CT molecular complexity index is 1420. The summed E-state index contributed by atoms with van der Waals surface area (Å²) in [5, 5.41) is 13.9. The molecule has 2 saturated heterocycles. The van der Waals surface area contributed by atoms with Crippen molar-refractivity contribution < 1.29 is 23.7 Å². The van der Waals surface area contributed by atoms with E-state index in [4.69, 9.17) is 0 Å². The summed E-state index contributed by atoms with van der Waals surface area (Å²) in [6.07, 6.45) is 0.685. The molecule has 5 rings (SSSR count). The van der Waals surface area contributed by atoms with Gasteiger partial charge in [-0.1, -0.05) is 36.4 Å². The lowest BCUT2D eigenvalue weighted by atomic mass is 9.85. The second kappa shape index (κ2) is 11.1. The predicted octanol–water partition coefficient (Wildman–Crippen LogP) is 3.33. The molecule has 0 aliphatic carbocycles. The van der Waals surface area contributed by atoms with Gasteiger partial charge in [-0.2, -0.15) is 0 Å². The minimum absolute atomic E-state index is 0.137. The van der Waals surface area contributed by atoms with Crippen LogP contribution in [0, 0.1) is 15.9 Å². The number of carbonyl (C=O) groups excluding carboxylic acids is 3. The van der Waals surface area contributed by atoms with Crippen molar-refractivity contribution in [3.63, 3.8) is 0 Å². The van der Waals surface area contributed by atoms with Crippen molar-refractivity contribution in [3.05, 3.63) is 106 Å². The number of non-ortho nitro benzene ring substituents is 1. The van der Waals surface area contributed by atoms with Crippen molar-refractivity contribution in [2.45, 2.75) is 24.9 Å². The number of nitro groups is 1. The van der Waals surface area contributed by atoms with Gasteiger partial charge in [0.05, 0.1) is 11.6 Å². The monoisotopic (exact) mass is 545 g/mol. The van der Waals surface area contributed by atoms with Crippen LogP contribution < -0.4 is 10.2 Å². The number of hydrogen-bond acceptors (Lipinski definition) is 6. The number of amides is 3. The highest BCUT2D eigenvalue weighted by atomic mass is 19.1. The summed E-state index contributed by atoms with van der Waals surface area (Å²) in [6.45, 7) is 0.846. The number of rotatable bonds is 7. The van der Waals surface area contributed by atoms with E-state index in [0.29, 0.717) is 12.8 Å². The van der Waals surface area contributed by atoms with Crippen LogP contribution in [0.2, 0.25) is 0 Å². The molecule has 3 aromatic carbocycles. The van der Waals surface area contributed by atoms with Gasteiger partial charge in [0.25, 0.3) is 17.5 Å². The lowest BCUT2D eigenvalue weighted by Gasteiger charge is -2.43. The smallest absolute Gasteiger partial charge is 0.270 e. The average molecular weight is 546 g/mol. The lowest BCUT2D eigenvalue weighted by Crippen LogP contribution is -2.57. The fourth-order valence-corrected chi connectivity index (χ4v) is 5.37. The molecule has 2 aliphatic heterocycles. The number of halogens is 1. The van der Waals surface area contributed by atoms with Crippen LogP contribution in [-0.4, -0.2) is 64.3 Å². The summed E-state index contributed by atoms with van der Waals surface area (Å²) in [5.41, 5.74) is 0.711. The van der Waals surface area contributed by atoms with Gasteiger partial charge in [-0.3, -0.25) is 24.5 Å². The van der Waals surface area contributed by atoms with Gasteiger partial charge < -0.3 is 20.0 Å². The van der Waals surface area contributed by atoms with E-state index >= 15 is 0 Å². The van der Waals surface area contributed by atoms with Crippen LogP contribution in [0.5, 0.6) is 0 Å². The van der Waals surface area contributed by atoms with Crippen molar-refractivity contribution in [2.75, 3.05) is 31.2 Å². The third-order valence-corrected chi connectivity index (χ3v) is 7.50. The van der Waals surface area contributed by atoms with Crippen molar-refractivity contribution in [1.29, 1.82) is 0 Å². The minimum atomic E-state index is -0.932. The maximum absolute atomic E-state index is 13.9. The van der Waals surface area contributed by atoms with Crippen LogP contribution in [0.4, 0.5) is 15.8 Å². The van der Waals surface area contributed by atoms with Crippen molar-refractivity contribution in [3.8, 4) is 0 Å². The molecule has 2 aliphatic rings. The van der Waals surface area contributed by atoms with Crippen LogP contribution in [0.15, 0.2) is 78.9 Å². The van der Waals surface area contributed by atoms with Crippen LogP contribution in [0.3, 0.4) is 0 Å². The second-order valence-corrected chi connectivity index (χ2v) is 9.94. The Morgan fingerprint density at radius 2 is 1.68 bits per heavy atom. The maximum atomic E-state index is 13.9. The molecule has 40 heavy (non-hydrogen) atoms. The number of nitrogens with zero attached hydrogens (tertiary/aromatic N) is 4. The van der Waals surface area contributed by atoms with Gasteiger partial charge >= 0.3 is 0 Å². The minimum Gasteiger partial charge on any atom is -0.350 e. The molecule has 1 spiro atoms. The molecule has 1 N–H and O–H groups in total. The van der Waals surface area contributed by atoms with Gasteiger partial charge in [0, 0.05) is 43.0 Å². The molecule has 0 atom stereocenters. The first-order valence-electron chi connectivity index (χ1n) is 12.9. The number of anilines is 1. The summed E-state index contributed by atoms with van der Waals surface area (Å²) in [4.78, 5) is 55.5. The van der Waals surface area contributed by atoms with E-state index in [1.807, 2.05) is 35.2 Å². The second-order valence-electron chi connectivity index (χ2n) is 9.94. The number of nitrogens with one attached hydrogen (secondary N) is 1. The summed E-state index contributed by atoms with van der Waals surface area (Å²) in [5.74, 6) is -1.20. The molecule has 206 valence electrons. The van der Waals surface area contributed by atoms with Gasteiger partial charge in [-0.25, -0.2) is 4.39 Å². The van der Waals surface area contributed by atoms with Gasteiger partial charge in [0.15, 0.2) is 0 Å². The molecule has 0 saturated carbocycles. The van der Waals surface area contributed by atoms with Gasteiger partial charge in [0.2, 0.25) is 5.91 Å². The molecule has 10 nitrogen and oxygen atoms in total. The van der Waals surface area contributed by atoms with Crippen LogP contribution in [0.25, 0.3) is 0 Å². The topological polar surface area (TPSA) is 116 Å². The molecule has 2 heterocycles. The molecular weight excluding hydrogens is 517 g/mol. The molecule has 0 radical (unpaired) electrons. The van der Waals surface area contributed by atoms with Crippen molar-refractivity contribution in [2.24, 2.45) is 0 Å². The van der Waals surface area contributed by atoms with E-state index < -0.39 is 10.5 Å². The number of carbonyl (C=O) groups is 3. The zero-order chi connectivity index (χ0) is 28.3. The Labute approximate surface area is 230 Å². The first-order chi connectivity index (χ1) is 19.3. The number of benzene rings is 3. The zero-order valence-corrected chi connectivity index (χ0v) is 21.7. The number of likely N-dealkylation sites (tertiary alicyclic amines) is 1. The summed E-state index contributed by atoms with van der Waals surface area (Å²) in [6, 6.07) is 20.9. The van der Waals surface area contributed by atoms with Gasteiger partial charge in [0.1, 0.15) is 17.9 Å². The first kappa shape index (κ1) is 26.8. The zero-order valence-electron chi connectivity index (χ0n) is 21.7. The highest BCUT2D eigenvalue weighted by molar-refractivity contribution is 5.98. The summed E-state index contributed by atoms with van der Waals surface area (Å²) in [7, 11) is 0. The van der Waals surface area contributed by atoms with Crippen molar-refractivity contribution >= 4 is 29.1 Å². The highest BCUT2D eigenvalue weighted by Crippen LogP contribution is 2.39. The normalized spacial score (nSPS) is 16.3. The molecule has 2 fully saturated rings. The SMILES string of the molecule is O=C(CN1CN(c2ccccc2)C2(CCN(C(=O)c3cccc([N+](=O)[O-])c3)CC2)C1=O)NCc1ccc(F)cc1. The Morgan fingerprint density at radius 3 is 2.35 bits per heavy atom. The molecule has 11 heteroatoms. The quantitative estimate of drug-likeness (QED) is 0.360. The average Bonchev–Trinajstić information content (AvgIpc) is 3.23. The van der Waals surface area contributed by atoms with Crippen molar-refractivity contribution in [1.82, 2.24) is 15.1 Å². The predicted molar refractivity (Wildman–Crippen MR) is 145 cm³/mol. The third-order valence-electron chi connectivity index (χ3n) is 7.50. The third kappa shape index (κ3) is 5.35. The lowest BCUT2D eigenvalue weighted by molar-refractivity contribution is -0.384. The first-order valence-corrected chi connectivity index (χ1v) is 12.9. The maximum Gasteiger partial charge on any atom is 0.270 e. The Morgan fingerprint density at radius 1 is 0.975 bits per heavy atom. The van der Waals surface area contributed by atoms with Crippen LogP contribution >= 0.6 is 0 Å². The molecule has 0 bridgehead atoms. The Balaban J connectivity index is 1.30. The molecule has 0 aromatic heterocycles. The standard InChI is InChI=1S/C29H28FN5O5/c30-23-11-9-21(10-12-23)18-31-26(36)19-33-20-34(24-6-2-1-3-7-24)29(28(33)38)13-15-32(16-14-29)27(37)22-5-4-8-25(17-22)35(39)40/h1-12,17H,13-16,18-20H2,(H,31,36). The van der Waals surface area contributed by atoms with E-state index in [2.05, 4.69) is 5.32 Å². The summed E-state index contributed by atoms with van der Waals surface area (Å²) >= 11 is 0.